The fourth-order valence-corrected chi connectivity index (χ4v) is 4.17. The first-order chi connectivity index (χ1) is 12.8. The van der Waals surface area contributed by atoms with E-state index in [2.05, 4.69) is 61.9 Å². The van der Waals surface area contributed by atoms with Crippen molar-refractivity contribution < 1.29 is 14.3 Å². The molecule has 3 rings (SSSR count). The molecular formula is C24H30O3. The van der Waals surface area contributed by atoms with Crippen LogP contribution in [0.3, 0.4) is 0 Å². The second-order valence-electron chi connectivity index (χ2n) is 8.55. The number of methoxy groups -OCH3 is 1. The first-order valence-corrected chi connectivity index (χ1v) is 9.82. The van der Waals surface area contributed by atoms with Crippen LogP contribution in [0.15, 0.2) is 48.5 Å². The maximum absolute atomic E-state index is 11.3. The predicted octanol–water partition coefficient (Wildman–Crippen LogP) is 6.38. The lowest BCUT2D eigenvalue weighted by molar-refractivity contribution is 0.121. The molecule has 1 saturated carbocycles. The summed E-state index contributed by atoms with van der Waals surface area (Å²) < 4.78 is 9.70. The summed E-state index contributed by atoms with van der Waals surface area (Å²) in [7, 11) is 1.31. The molecule has 0 atom stereocenters. The monoisotopic (exact) mass is 366 g/mol. The highest BCUT2D eigenvalue weighted by atomic mass is 16.7. The minimum absolute atomic E-state index is 0.0401. The van der Waals surface area contributed by atoms with Crippen LogP contribution in [0.1, 0.15) is 69.6 Å². The van der Waals surface area contributed by atoms with Crippen LogP contribution in [0.4, 0.5) is 4.79 Å². The SMILES string of the molecule is COC(=O)Oc1ccc(C2(c3ccc(C(C)(C)C)cc3)CCCCC2)cc1. The Labute approximate surface area is 162 Å². The van der Waals surface area contributed by atoms with Crippen molar-refractivity contribution in [2.24, 2.45) is 0 Å². The molecule has 144 valence electrons. The summed E-state index contributed by atoms with van der Waals surface area (Å²) in [5.74, 6) is 0.514. The van der Waals surface area contributed by atoms with Crippen molar-refractivity contribution in [2.45, 2.75) is 63.7 Å². The van der Waals surface area contributed by atoms with E-state index in [1.165, 1.54) is 43.1 Å². The van der Waals surface area contributed by atoms with Gasteiger partial charge in [-0.25, -0.2) is 4.79 Å². The highest BCUT2D eigenvalue weighted by Crippen LogP contribution is 2.45. The zero-order valence-corrected chi connectivity index (χ0v) is 16.9. The smallest absolute Gasteiger partial charge is 0.437 e. The van der Waals surface area contributed by atoms with Crippen LogP contribution in [0.5, 0.6) is 5.75 Å². The zero-order chi connectivity index (χ0) is 19.5. The van der Waals surface area contributed by atoms with Gasteiger partial charge >= 0.3 is 6.16 Å². The highest BCUT2D eigenvalue weighted by Gasteiger charge is 2.35. The van der Waals surface area contributed by atoms with Gasteiger partial charge in [-0.2, -0.15) is 0 Å². The van der Waals surface area contributed by atoms with E-state index in [4.69, 9.17) is 4.74 Å². The molecule has 1 aliphatic rings. The van der Waals surface area contributed by atoms with Crippen LogP contribution in [-0.4, -0.2) is 13.3 Å². The molecule has 3 nitrogen and oxygen atoms in total. The second kappa shape index (κ2) is 7.75. The molecule has 0 unspecified atom stereocenters. The molecule has 1 aliphatic carbocycles. The summed E-state index contributed by atoms with van der Waals surface area (Å²) in [5.41, 5.74) is 4.24. The van der Waals surface area contributed by atoms with E-state index in [1.54, 1.807) is 0 Å². The van der Waals surface area contributed by atoms with Gasteiger partial charge in [0.1, 0.15) is 5.75 Å². The Bertz CT molecular complexity index is 761. The lowest BCUT2D eigenvalue weighted by Crippen LogP contribution is -2.30. The van der Waals surface area contributed by atoms with E-state index < -0.39 is 6.16 Å². The fraction of sp³-hybridized carbons (Fsp3) is 0.458. The first kappa shape index (κ1) is 19.5. The van der Waals surface area contributed by atoms with Gasteiger partial charge in [0, 0.05) is 5.41 Å². The van der Waals surface area contributed by atoms with E-state index in [-0.39, 0.29) is 10.8 Å². The molecule has 0 aromatic heterocycles. The number of hydrogen-bond donors (Lipinski definition) is 0. The van der Waals surface area contributed by atoms with E-state index >= 15 is 0 Å². The van der Waals surface area contributed by atoms with Gasteiger partial charge in [-0.05, 0) is 47.1 Å². The Balaban J connectivity index is 1.94. The molecule has 0 N–H and O–H groups in total. The van der Waals surface area contributed by atoms with Crippen LogP contribution < -0.4 is 4.74 Å². The lowest BCUT2D eigenvalue weighted by atomic mass is 9.65. The van der Waals surface area contributed by atoms with Gasteiger partial charge in [-0.15, -0.1) is 0 Å². The minimum atomic E-state index is -0.687. The summed E-state index contributed by atoms with van der Waals surface area (Å²) >= 11 is 0. The van der Waals surface area contributed by atoms with Crippen LogP contribution in [0.2, 0.25) is 0 Å². The molecule has 1 fully saturated rings. The molecule has 3 heteroatoms. The van der Waals surface area contributed by atoms with Crippen LogP contribution in [0, 0.1) is 0 Å². The molecule has 2 aromatic carbocycles. The molecule has 0 spiro atoms. The van der Waals surface area contributed by atoms with Crippen molar-refractivity contribution in [1.29, 1.82) is 0 Å². The molecule has 0 aliphatic heterocycles. The third kappa shape index (κ3) is 4.18. The summed E-state index contributed by atoms with van der Waals surface area (Å²) in [5, 5.41) is 0. The number of rotatable bonds is 3. The number of ether oxygens (including phenoxy) is 2. The average molecular weight is 367 g/mol. The van der Waals surface area contributed by atoms with E-state index in [0.29, 0.717) is 5.75 Å². The summed E-state index contributed by atoms with van der Waals surface area (Å²) in [6.07, 6.45) is 5.39. The van der Waals surface area contributed by atoms with Crippen molar-refractivity contribution in [3.05, 3.63) is 65.2 Å². The third-order valence-electron chi connectivity index (χ3n) is 5.79. The van der Waals surface area contributed by atoms with Crippen molar-refractivity contribution in [3.8, 4) is 5.75 Å². The van der Waals surface area contributed by atoms with Crippen LogP contribution >= 0.6 is 0 Å². The largest absolute Gasteiger partial charge is 0.513 e. The third-order valence-corrected chi connectivity index (χ3v) is 5.79. The molecule has 2 aromatic rings. The van der Waals surface area contributed by atoms with Gasteiger partial charge in [-0.1, -0.05) is 76.4 Å². The molecule has 0 amide bonds. The van der Waals surface area contributed by atoms with Gasteiger partial charge in [0.05, 0.1) is 7.11 Å². The predicted molar refractivity (Wildman–Crippen MR) is 108 cm³/mol. The molecule has 27 heavy (non-hydrogen) atoms. The van der Waals surface area contributed by atoms with Gasteiger partial charge in [-0.3, -0.25) is 0 Å². The van der Waals surface area contributed by atoms with Crippen LogP contribution in [0.25, 0.3) is 0 Å². The number of carbonyl (C=O) groups is 1. The summed E-state index contributed by atoms with van der Waals surface area (Å²) in [4.78, 5) is 11.3. The molecule has 0 heterocycles. The van der Waals surface area contributed by atoms with Gasteiger partial charge < -0.3 is 9.47 Å². The Morgan fingerprint density at radius 1 is 0.852 bits per heavy atom. The Hall–Kier alpha value is -2.29. The Morgan fingerprint density at radius 3 is 1.85 bits per heavy atom. The molecule has 0 saturated heterocycles. The number of carbonyl (C=O) groups excluding carboxylic acids is 1. The van der Waals surface area contributed by atoms with Crippen molar-refractivity contribution in [2.75, 3.05) is 7.11 Å². The average Bonchev–Trinajstić information content (AvgIpc) is 2.68. The molecule has 0 bridgehead atoms. The van der Waals surface area contributed by atoms with E-state index in [1.807, 2.05) is 12.1 Å². The van der Waals surface area contributed by atoms with Gasteiger partial charge in [0.2, 0.25) is 0 Å². The van der Waals surface area contributed by atoms with Crippen molar-refractivity contribution in [1.82, 2.24) is 0 Å². The maximum atomic E-state index is 11.3. The fourth-order valence-electron chi connectivity index (χ4n) is 4.17. The van der Waals surface area contributed by atoms with E-state index in [9.17, 15) is 4.79 Å². The van der Waals surface area contributed by atoms with Crippen molar-refractivity contribution in [3.63, 3.8) is 0 Å². The topological polar surface area (TPSA) is 35.5 Å². The summed E-state index contributed by atoms with van der Waals surface area (Å²) in [6.45, 7) is 6.75. The highest BCUT2D eigenvalue weighted by molar-refractivity contribution is 5.63. The minimum Gasteiger partial charge on any atom is -0.437 e. The van der Waals surface area contributed by atoms with E-state index in [0.717, 1.165) is 12.8 Å². The number of benzene rings is 2. The lowest BCUT2D eigenvalue weighted by Gasteiger charge is -2.39. The maximum Gasteiger partial charge on any atom is 0.513 e. The standard InChI is InChI=1S/C24H30O3/c1-23(2,3)18-8-10-19(11-9-18)24(16-6-5-7-17-24)20-12-14-21(15-13-20)27-22(25)26-4/h8-15H,5-7,16-17H2,1-4H3. The van der Waals surface area contributed by atoms with Gasteiger partial charge in [0.15, 0.2) is 0 Å². The van der Waals surface area contributed by atoms with Crippen LogP contribution in [-0.2, 0) is 15.6 Å². The van der Waals surface area contributed by atoms with Gasteiger partial charge in [0.25, 0.3) is 0 Å². The zero-order valence-electron chi connectivity index (χ0n) is 16.9. The van der Waals surface area contributed by atoms with Crippen molar-refractivity contribution >= 4 is 6.16 Å². The number of hydrogen-bond acceptors (Lipinski definition) is 3. The Morgan fingerprint density at radius 2 is 1.37 bits per heavy atom. The molecule has 0 radical (unpaired) electrons. The normalized spacial score (nSPS) is 16.6. The summed E-state index contributed by atoms with van der Waals surface area (Å²) in [6, 6.07) is 17.1. The molecular weight excluding hydrogens is 336 g/mol. The first-order valence-electron chi connectivity index (χ1n) is 9.82. The Kier molecular flexibility index (Phi) is 5.59. The second-order valence-corrected chi connectivity index (χ2v) is 8.55. The quantitative estimate of drug-likeness (QED) is 0.467.